The van der Waals surface area contributed by atoms with Gasteiger partial charge in [0.25, 0.3) is 11.6 Å². The molecule has 0 saturated carbocycles. The number of nitrogen functional groups attached to an aromatic ring is 1. The first-order chi connectivity index (χ1) is 10.0. The fourth-order valence-electron chi connectivity index (χ4n) is 2.04. The summed E-state index contributed by atoms with van der Waals surface area (Å²) >= 11 is 0. The maximum Gasteiger partial charge on any atom is 0.270 e. The van der Waals surface area contributed by atoms with Crippen LogP contribution in [0.15, 0.2) is 48.5 Å². The minimum atomic E-state index is -0.547. The van der Waals surface area contributed by atoms with Crippen LogP contribution in [0.4, 0.5) is 17.1 Å². The van der Waals surface area contributed by atoms with Gasteiger partial charge in [-0.15, -0.1) is 0 Å². The number of hydrogen-bond donors (Lipinski definition) is 1. The molecule has 21 heavy (non-hydrogen) atoms. The number of rotatable bonds is 4. The molecular weight excluding hydrogens is 270 g/mol. The van der Waals surface area contributed by atoms with Crippen LogP contribution < -0.4 is 10.6 Å². The van der Waals surface area contributed by atoms with Crippen molar-refractivity contribution in [3.63, 3.8) is 0 Å². The lowest BCUT2D eigenvalue weighted by Gasteiger charge is -2.21. The Morgan fingerprint density at radius 2 is 1.90 bits per heavy atom. The van der Waals surface area contributed by atoms with Crippen LogP contribution in [0.5, 0.6) is 0 Å². The van der Waals surface area contributed by atoms with Crippen LogP contribution in [-0.2, 0) is 0 Å². The van der Waals surface area contributed by atoms with Crippen molar-refractivity contribution in [2.45, 2.75) is 6.92 Å². The zero-order chi connectivity index (χ0) is 15.4. The van der Waals surface area contributed by atoms with Gasteiger partial charge >= 0.3 is 0 Å². The van der Waals surface area contributed by atoms with Crippen molar-refractivity contribution in [3.8, 4) is 0 Å². The van der Waals surface area contributed by atoms with E-state index in [2.05, 4.69) is 0 Å². The molecule has 2 rings (SSSR count). The number of para-hydroxylation sites is 1. The lowest BCUT2D eigenvalue weighted by molar-refractivity contribution is -0.384. The average molecular weight is 285 g/mol. The number of carbonyl (C=O) groups is 1. The van der Waals surface area contributed by atoms with Crippen molar-refractivity contribution >= 4 is 23.0 Å². The van der Waals surface area contributed by atoms with Gasteiger partial charge in [0, 0.05) is 30.1 Å². The fourth-order valence-corrected chi connectivity index (χ4v) is 2.04. The normalized spacial score (nSPS) is 10.1. The highest BCUT2D eigenvalue weighted by Gasteiger charge is 2.21. The number of carbonyl (C=O) groups excluding carboxylic acids is 1. The quantitative estimate of drug-likeness (QED) is 0.531. The first-order valence-corrected chi connectivity index (χ1v) is 6.45. The second-order valence-corrected chi connectivity index (χ2v) is 4.41. The predicted octanol–water partition coefficient (Wildman–Crippen LogP) is 2.84. The van der Waals surface area contributed by atoms with Crippen molar-refractivity contribution in [1.29, 1.82) is 0 Å². The number of hydrogen-bond acceptors (Lipinski definition) is 4. The highest BCUT2D eigenvalue weighted by molar-refractivity contribution is 6.09. The SMILES string of the molecule is CCN(C(=O)c1cc([N+](=O)[O-])ccc1N)c1ccccc1. The molecular formula is C15H15N3O3. The average Bonchev–Trinajstić information content (AvgIpc) is 2.49. The van der Waals surface area contributed by atoms with Gasteiger partial charge in [0.2, 0.25) is 0 Å². The molecule has 0 bridgehead atoms. The van der Waals surface area contributed by atoms with Crippen LogP contribution in [0.1, 0.15) is 17.3 Å². The summed E-state index contributed by atoms with van der Waals surface area (Å²) in [5.74, 6) is -0.357. The monoisotopic (exact) mass is 285 g/mol. The third-order valence-corrected chi connectivity index (χ3v) is 3.11. The number of nitro groups is 1. The molecule has 0 radical (unpaired) electrons. The molecule has 0 aliphatic rings. The summed E-state index contributed by atoms with van der Waals surface area (Å²) in [7, 11) is 0. The van der Waals surface area contributed by atoms with E-state index in [1.165, 1.54) is 23.1 Å². The molecule has 0 unspecified atom stereocenters. The summed E-state index contributed by atoms with van der Waals surface area (Å²) in [5, 5.41) is 10.8. The van der Waals surface area contributed by atoms with Crippen LogP contribution in [-0.4, -0.2) is 17.4 Å². The molecule has 0 atom stereocenters. The molecule has 2 N–H and O–H groups in total. The molecule has 0 fully saturated rings. The first-order valence-electron chi connectivity index (χ1n) is 6.45. The third kappa shape index (κ3) is 3.00. The van der Waals surface area contributed by atoms with Gasteiger partial charge in [-0.25, -0.2) is 0 Å². The number of amides is 1. The molecule has 2 aromatic carbocycles. The Morgan fingerprint density at radius 3 is 2.48 bits per heavy atom. The number of nitro benzene ring substituents is 1. The summed E-state index contributed by atoms with van der Waals surface area (Å²) in [6, 6.07) is 13.0. The molecule has 2 aromatic rings. The van der Waals surface area contributed by atoms with Gasteiger partial charge in [-0.05, 0) is 25.1 Å². The Bertz CT molecular complexity index is 671. The van der Waals surface area contributed by atoms with E-state index >= 15 is 0 Å². The number of anilines is 2. The van der Waals surface area contributed by atoms with Crippen LogP contribution in [0, 0.1) is 10.1 Å². The van der Waals surface area contributed by atoms with Crippen LogP contribution in [0.3, 0.4) is 0 Å². The Morgan fingerprint density at radius 1 is 1.24 bits per heavy atom. The smallest absolute Gasteiger partial charge is 0.270 e. The summed E-state index contributed by atoms with van der Waals surface area (Å²) in [4.78, 5) is 24.4. The summed E-state index contributed by atoms with van der Waals surface area (Å²) in [6.45, 7) is 2.27. The summed E-state index contributed by atoms with van der Waals surface area (Å²) in [5.41, 5.74) is 6.71. The van der Waals surface area contributed by atoms with E-state index in [0.717, 1.165) is 5.69 Å². The van der Waals surface area contributed by atoms with E-state index in [-0.39, 0.29) is 22.8 Å². The summed E-state index contributed by atoms with van der Waals surface area (Å²) < 4.78 is 0. The molecule has 0 spiro atoms. The Kier molecular flexibility index (Phi) is 4.18. The maximum absolute atomic E-state index is 12.6. The van der Waals surface area contributed by atoms with Crippen molar-refractivity contribution < 1.29 is 9.72 Å². The molecule has 0 aliphatic heterocycles. The Hall–Kier alpha value is -2.89. The number of non-ortho nitro benzene ring substituents is 1. The van der Waals surface area contributed by atoms with Gasteiger partial charge in [0.15, 0.2) is 0 Å². The summed E-state index contributed by atoms with van der Waals surface area (Å²) in [6.07, 6.45) is 0. The fraction of sp³-hybridized carbons (Fsp3) is 0.133. The molecule has 0 aromatic heterocycles. The van der Waals surface area contributed by atoms with Gasteiger partial charge in [0.05, 0.1) is 10.5 Å². The van der Waals surface area contributed by atoms with E-state index < -0.39 is 4.92 Å². The predicted molar refractivity (Wildman–Crippen MR) is 81.3 cm³/mol. The van der Waals surface area contributed by atoms with Crippen molar-refractivity contribution in [1.82, 2.24) is 0 Å². The Balaban J connectivity index is 2.43. The molecule has 0 heterocycles. The highest BCUT2D eigenvalue weighted by atomic mass is 16.6. The Labute approximate surface area is 121 Å². The van der Waals surface area contributed by atoms with Crippen molar-refractivity contribution in [3.05, 3.63) is 64.2 Å². The van der Waals surface area contributed by atoms with Gasteiger partial charge in [-0.3, -0.25) is 14.9 Å². The van der Waals surface area contributed by atoms with E-state index in [4.69, 9.17) is 5.73 Å². The largest absolute Gasteiger partial charge is 0.398 e. The van der Waals surface area contributed by atoms with E-state index in [0.29, 0.717) is 6.54 Å². The lowest BCUT2D eigenvalue weighted by Crippen LogP contribution is -2.31. The molecule has 108 valence electrons. The second kappa shape index (κ2) is 6.04. The third-order valence-electron chi connectivity index (χ3n) is 3.11. The minimum Gasteiger partial charge on any atom is -0.398 e. The lowest BCUT2D eigenvalue weighted by atomic mass is 10.1. The van der Waals surface area contributed by atoms with Gasteiger partial charge in [-0.2, -0.15) is 0 Å². The highest BCUT2D eigenvalue weighted by Crippen LogP contribution is 2.23. The number of nitrogens with zero attached hydrogens (tertiary/aromatic N) is 2. The molecule has 6 nitrogen and oxygen atoms in total. The minimum absolute atomic E-state index is 0.134. The first kappa shape index (κ1) is 14.5. The van der Waals surface area contributed by atoms with E-state index in [9.17, 15) is 14.9 Å². The number of nitrogens with two attached hydrogens (primary N) is 1. The van der Waals surface area contributed by atoms with E-state index in [1.807, 2.05) is 25.1 Å². The molecule has 0 saturated heterocycles. The van der Waals surface area contributed by atoms with Crippen LogP contribution in [0.2, 0.25) is 0 Å². The van der Waals surface area contributed by atoms with E-state index in [1.54, 1.807) is 12.1 Å². The van der Waals surface area contributed by atoms with Gasteiger partial charge in [0.1, 0.15) is 0 Å². The van der Waals surface area contributed by atoms with Crippen molar-refractivity contribution in [2.24, 2.45) is 0 Å². The topological polar surface area (TPSA) is 89.5 Å². The second-order valence-electron chi connectivity index (χ2n) is 4.41. The number of benzene rings is 2. The molecule has 6 heteroatoms. The van der Waals surface area contributed by atoms with Gasteiger partial charge in [-0.1, -0.05) is 18.2 Å². The molecule has 0 aliphatic carbocycles. The van der Waals surface area contributed by atoms with Crippen molar-refractivity contribution in [2.75, 3.05) is 17.2 Å². The standard InChI is InChI=1S/C15H15N3O3/c1-2-17(11-6-4-3-5-7-11)15(19)13-10-12(18(20)21)8-9-14(13)16/h3-10H,2,16H2,1H3. The maximum atomic E-state index is 12.6. The zero-order valence-corrected chi connectivity index (χ0v) is 11.5. The van der Waals surface area contributed by atoms with Crippen LogP contribution >= 0.6 is 0 Å². The van der Waals surface area contributed by atoms with Crippen LogP contribution in [0.25, 0.3) is 0 Å². The van der Waals surface area contributed by atoms with Gasteiger partial charge < -0.3 is 10.6 Å². The molecule has 1 amide bonds. The zero-order valence-electron chi connectivity index (χ0n) is 11.5.